The standard InChI is InChI=1S/C39H36Cl2N8O3/c40-33-29(3-1-5-31(33)46-37-35-25(7-11-42-37)15-23(17-44-35)19-48-13-9-27(21-48)39(51)52)30-4-2-6-32(34(30)41)47-38-36-26(8-12-43-38)16-24(18-45-36)20-49-14-10-28(50)22-49/h1-8,11-12,15-18,27-28,50H,9-10,13-14,19-22H2,(H,42,46)(H,43,47)(H,51,52)/t27-,28+/m1/s1. The number of hydrogen-bond acceptors (Lipinski definition) is 10. The Morgan fingerprint density at radius 3 is 1.73 bits per heavy atom. The van der Waals surface area contributed by atoms with Gasteiger partial charge in [-0.05, 0) is 66.9 Å². The summed E-state index contributed by atoms with van der Waals surface area (Å²) >= 11 is 14.1. The van der Waals surface area contributed by atoms with Gasteiger partial charge in [0.2, 0.25) is 0 Å². The summed E-state index contributed by atoms with van der Waals surface area (Å²) in [6, 6.07) is 19.5. The number of aliphatic hydroxyl groups is 1. The van der Waals surface area contributed by atoms with Gasteiger partial charge in [0, 0.05) is 79.4 Å². The maximum atomic E-state index is 11.4. The molecule has 0 saturated carbocycles. The van der Waals surface area contributed by atoms with Crippen molar-refractivity contribution in [3.8, 4) is 11.1 Å². The molecular weight excluding hydrogens is 699 g/mol. The van der Waals surface area contributed by atoms with Crippen molar-refractivity contribution < 1.29 is 15.0 Å². The first-order valence-electron chi connectivity index (χ1n) is 17.2. The molecule has 6 aromatic rings. The van der Waals surface area contributed by atoms with Crippen LogP contribution in [0.2, 0.25) is 10.0 Å². The average molecular weight is 736 g/mol. The zero-order chi connectivity index (χ0) is 35.8. The number of β-amino-alcohol motifs (C(OH)–C–C–N with tert-alkyl or cyclic N) is 1. The van der Waals surface area contributed by atoms with E-state index >= 15 is 0 Å². The number of nitrogens with zero attached hydrogens (tertiary/aromatic N) is 6. The Labute approximate surface area is 310 Å². The molecule has 2 atom stereocenters. The number of carboxylic acid groups (broad SMARTS) is 1. The molecule has 4 aromatic heterocycles. The number of aliphatic hydroxyl groups excluding tert-OH is 1. The summed E-state index contributed by atoms with van der Waals surface area (Å²) in [7, 11) is 0. The summed E-state index contributed by atoms with van der Waals surface area (Å²) in [5.74, 6) is 0.0884. The topological polar surface area (TPSA) is 140 Å². The Balaban J connectivity index is 1.02. The second-order valence-electron chi connectivity index (χ2n) is 13.5. The Bertz CT molecular complexity index is 2310. The Kier molecular flexibility index (Phi) is 9.61. The molecule has 0 aliphatic carbocycles. The largest absolute Gasteiger partial charge is 0.481 e. The molecule has 52 heavy (non-hydrogen) atoms. The smallest absolute Gasteiger partial charge is 0.307 e. The van der Waals surface area contributed by atoms with Crippen LogP contribution in [0.15, 0.2) is 85.5 Å². The van der Waals surface area contributed by atoms with Crippen molar-refractivity contribution in [1.29, 1.82) is 0 Å². The highest BCUT2D eigenvalue weighted by Crippen LogP contribution is 2.42. The van der Waals surface area contributed by atoms with Crippen molar-refractivity contribution in [2.45, 2.75) is 32.0 Å². The van der Waals surface area contributed by atoms with E-state index in [-0.39, 0.29) is 12.0 Å². The van der Waals surface area contributed by atoms with E-state index in [9.17, 15) is 15.0 Å². The van der Waals surface area contributed by atoms with Crippen LogP contribution in [0.5, 0.6) is 0 Å². The maximum Gasteiger partial charge on any atom is 0.307 e. The van der Waals surface area contributed by atoms with Crippen molar-refractivity contribution in [3.63, 3.8) is 0 Å². The maximum absolute atomic E-state index is 11.4. The van der Waals surface area contributed by atoms with Gasteiger partial charge < -0.3 is 20.8 Å². The van der Waals surface area contributed by atoms with Crippen molar-refractivity contribution in [3.05, 3.63) is 107 Å². The van der Waals surface area contributed by atoms with E-state index in [1.165, 1.54) is 0 Å². The first kappa shape index (κ1) is 34.2. The van der Waals surface area contributed by atoms with Crippen LogP contribution in [-0.2, 0) is 17.9 Å². The van der Waals surface area contributed by atoms with Crippen LogP contribution in [0.4, 0.5) is 23.0 Å². The summed E-state index contributed by atoms with van der Waals surface area (Å²) in [4.78, 5) is 34.4. The van der Waals surface area contributed by atoms with Gasteiger partial charge in [-0.15, -0.1) is 0 Å². The molecule has 0 amide bonds. The lowest BCUT2D eigenvalue weighted by Gasteiger charge is -2.17. The third kappa shape index (κ3) is 7.10. The number of anilines is 4. The molecule has 2 saturated heterocycles. The minimum atomic E-state index is -0.739. The monoisotopic (exact) mass is 734 g/mol. The van der Waals surface area contributed by atoms with E-state index in [0.717, 1.165) is 64.6 Å². The number of carboxylic acids is 1. The highest BCUT2D eigenvalue weighted by atomic mass is 35.5. The molecule has 11 nitrogen and oxygen atoms in total. The summed E-state index contributed by atoms with van der Waals surface area (Å²) < 4.78 is 0. The van der Waals surface area contributed by atoms with E-state index in [2.05, 4.69) is 42.5 Å². The van der Waals surface area contributed by atoms with Crippen LogP contribution in [0.3, 0.4) is 0 Å². The number of benzene rings is 2. The third-order valence-electron chi connectivity index (χ3n) is 9.79. The first-order valence-corrected chi connectivity index (χ1v) is 18.0. The number of fused-ring (bicyclic) bond motifs is 2. The molecule has 6 heterocycles. The normalized spacial score (nSPS) is 18.0. The van der Waals surface area contributed by atoms with Gasteiger partial charge in [0.25, 0.3) is 0 Å². The number of nitrogens with one attached hydrogen (secondary N) is 2. The second kappa shape index (κ2) is 14.6. The highest BCUT2D eigenvalue weighted by molar-refractivity contribution is 6.39. The van der Waals surface area contributed by atoms with Gasteiger partial charge in [-0.2, -0.15) is 0 Å². The highest BCUT2D eigenvalue weighted by Gasteiger charge is 2.28. The van der Waals surface area contributed by atoms with E-state index in [1.807, 2.05) is 60.9 Å². The van der Waals surface area contributed by atoms with Gasteiger partial charge in [-0.3, -0.25) is 24.6 Å². The van der Waals surface area contributed by atoms with E-state index < -0.39 is 5.97 Å². The molecule has 264 valence electrons. The Morgan fingerprint density at radius 1 is 0.731 bits per heavy atom. The molecule has 2 fully saturated rings. The van der Waals surface area contributed by atoms with Crippen LogP contribution in [0.1, 0.15) is 24.0 Å². The van der Waals surface area contributed by atoms with Crippen LogP contribution in [0, 0.1) is 5.92 Å². The lowest BCUT2D eigenvalue weighted by molar-refractivity contribution is -0.141. The van der Waals surface area contributed by atoms with Gasteiger partial charge in [0.05, 0.1) is 33.4 Å². The summed E-state index contributed by atoms with van der Waals surface area (Å²) in [6.45, 7) is 4.21. The number of pyridine rings is 4. The molecular formula is C39H36Cl2N8O3. The quantitative estimate of drug-likeness (QED) is 0.111. The predicted octanol–water partition coefficient (Wildman–Crippen LogP) is 7.51. The second-order valence-corrected chi connectivity index (χ2v) is 14.2. The number of likely N-dealkylation sites (tertiary alicyclic amines) is 2. The van der Waals surface area contributed by atoms with Crippen molar-refractivity contribution in [1.82, 2.24) is 29.7 Å². The summed E-state index contributed by atoms with van der Waals surface area (Å²) in [5.41, 5.74) is 6.30. The third-order valence-corrected chi connectivity index (χ3v) is 10.6. The molecule has 4 N–H and O–H groups in total. The number of carbonyl (C=O) groups is 1. The molecule has 8 rings (SSSR count). The number of rotatable bonds is 10. The zero-order valence-corrected chi connectivity index (χ0v) is 29.6. The fourth-order valence-electron chi connectivity index (χ4n) is 7.15. The molecule has 2 aromatic carbocycles. The molecule has 0 unspecified atom stereocenters. The number of halogens is 2. The summed E-state index contributed by atoms with van der Waals surface area (Å²) in [6.07, 6.45) is 8.35. The zero-order valence-electron chi connectivity index (χ0n) is 28.1. The molecule has 0 spiro atoms. The van der Waals surface area contributed by atoms with Crippen molar-refractivity contribution >= 4 is 74.0 Å². The van der Waals surface area contributed by atoms with Crippen molar-refractivity contribution in [2.24, 2.45) is 5.92 Å². The van der Waals surface area contributed by atoms with Gasteiger partial charge in [0.1, 0.15) is 11.0 Å². The Hall–Kier alpha value is -4.91. The van der Waals surface area contributed by atoms with Crippen LogP contribution in [-0.4, -0.2) is 78.2 Å². The fourth-order valence-corrected chi connectivity index (χ4v) is 7.70. The minimum absolute atomic E-state index is 0.264. The van der Waals surface area contributed by atoms with Crippen LogP contribution >= 0.6 is 23.2 Å². The Morgan fingerprint density at radius 2 is 1.25 bits per heavy atom. The lowest BCUT2D eigenvalue weighted by Crippen LogP contribution is -2.22. The lowest BCUT2D eigenvalue weighted by atomic mass is 10.0. The predicted molar refractivity (Wildman–Crippen MR) is 204 cm³/mol. The number of hydrogen-bond donors (Lipinski definition) is 4. The SMILES string of the molecule is O=C(O)[C@@H]1CCN(Cc2cnc3c(Nc4cccc(-c5cccc(Nc6nccc7cc(CN8CC[C@H](O)C8)cnc67)c5Cl)c4Cl)nccc3c2)C1. The molecule has 2 aliphatic rings. The van der Waals surface area contributed by atoms with E-state index in [4.69, 9.17) is 33.2 Å². The molecule has 2 aliphatic heterocycles. The molecule has 0 bridgehead atoms. The van der Waals surface area contributed by atoms with Gasteiger partial charge in [-0.1, -0.05) is 47.5 Å². The van der Waals surface area contributed by atoms with Gasteiger partial charge in [0.15, 0.2) is 11.6 Å². The van der Waals surface area contributed by atoms with Gasteiger partial charge >= 0.3 is 5.97 Å². The van der Waals surface area contributed by atoms with E-state index in [0.29, 0.717) is 64.6 Å². The van der Waals surface area contributed by atoms with Crippen LogP contribution < -0.4 is 10.6 Å². The first-order chi connectivity index (χ1) is 25.3. The number of aliphatic carboxylic acids is 1. The molecule has 0 radical (unpaired) electrons. The van der Waals surface area contributed by atoms with Gasteiger partial charge in [-0.25, -0.2) is 9.97 Å². The number of aromatic nitrogens is 4. The van der Waals surface area contributed by atoms with Crippen LogP contribution in [0.25, 0.3) is 32.9 Å². The van der Waals surface area contributed by atoms with E-state index in [1.54, 1.807) is 12.4 Å². The summed E-state index contributed by atoms with van der Waals surface area (Å²) in [5, 5.41) is 28.9. The molecule has 13 heteroatoms. The average Bonchev–Trinajstić information content (AvgIpc) is 3.79. The van der Waals surface area contributed by atoms with Crippen molar-refractivity contribution in [2.75, 3.05) is 36.8 Å². The fraction of sp³-hybridized carbons (Fsp3) is 0.256. The minimum Gasteiger partial charge on any atom is -0.481 e.